The highest BCUT2D eigenvalue weighted by Gasteiger charge is 2.23. The van der Waals surface area contributed by atoms with Crippen molar-refractivity contribution in [2.75, 3.05) is 12.4 Å². The van der Waals surface area contributed by atoms with E-state index in [0.717, 1.165) is 0 Å². The zero-order chi connectivity index (χ0) is 13.0. The van der Waals surface area contributed by atoms with Crippen molar-refractivity contribution < 1.29 is 13.9 Å². The number of nitrogens with one attached hydrogen (secondary N) is 1. The summed E-state index contributed by atoms with van der Waals surface area (Å²) in [6.07, 6.45) is 0. The molecule has 0 radical (unpaired) electrons. The number of rotatable bonds is 4. The van der Waals surface area contributed by atoms with E-state index in [1.807, 2.05) is 0 Å². The van der Waals surface area contributed by atoms with Gasteiger partial charge in [-0.2, -0.15) is 0 Å². The molecule has 0 aliphatic carbocycles. The smallest absolute Gasteiger partial charge is 0.334 e. The molecule has 2 aromatic rings. The van der Waals surface area contributed by atoms with Gasteiger partial charge in [-0.3, -0.25) is 0 Å². The highest BCUT2D eigenvalue weighted by molar-refractivity contribution is 7.07. The topological polar surface area (TPSA) is 51.2 Å². The van der Waals surface area contributed by atoms with Crippen molar-refractivity contribution in [1.82, 2.24) is 4.98 Å². The Morgan fingerprint density at radius 2 is 2.39 bits per heavy atom. The molecule has 1 unspecified atom stereocenters. The van der Waals surface area contributed by atoms with Crippen molar-refractivity contribution in [3.63, 3.8) is 0 Å². The molecule has 0 bridgehead atoms. The van der Waals surface area contributed by atoms with E-state index in [9.17, 15) is 9.18 Å². The van der Waals surface area contributed by atoms with E-state index in [2.05, 4.69) is 10.3 Å². The third-order valence-electron chi connectivity index (χ3n) is 2.32. The van der Waals surface area contributed by atoms with E-state index < -0.39 is 12.0 Å². The number of benzene rings is 1. The Labute approximate surface area is 107 Å². The SMILES string of the molecule is COC(=O)C(Nc1cccc(F)c1)c1cscn1. The van der Waals surface area contributed by atoms with Gasteiger partial charge >= 0.3 is 5.97 Å². The van der Waals surface area contributed by atoms with Crippen LogP contribution < -0.4 is 5.32 Å². The summed E-state index contributed by atoms with van der Waals surface area (Å²) in [6.45, 7) is 0. The van der Waals surface area contributed by atoms with E-state index in [1.165, 1.54) is 30.6 Å². The van der Waals surface area contributed by atoms with Crippen LogP contribution in [0.3, 0.4) is 0 Å². The Morgan fingerprint density at radius 3 is 3.00 bits per heavy atom. The number of hydrogen-bond donors (Lipinski definition) is 1. The molecular weight excluding hydrogens is 255 g/mol. The maximum absolute atomic E-state index is 13.1. The lowest BCUT2D eigenvalue weighted by atomic mass is 10.2. The van der Waals surface area contributed by atoms with E-state index in [0.29, 0.717) is 11.4 Å². The van der Waals surface area contributed by atoms with Crippen LogP contribution >= 0.6 is 11.3 Å². The molecule has 0 aliphatic rings. The van der Waals surface area contributed by atoms with Gasteiger partial charge in [0.15, 0.2) is 6.04 Å². The van der Waals surface area contributed by atoms with Crippen molar-refractivity contribution in [1.29, 1.82) is 0 Å². The van der Waals surface area contributed by atoms with Gasteiger partial charge < -0.3 is 10.1 Å². The molecule has 6 heteroatoms. The van der Waals surface area contributed by atoms with Crippen LogP contribution in [0.25, 0.3) is 0 Å². The highest BCUT2D eigenvalue weighted by Crippen LogP contribution is 2.21. The van der Waals surface area contributed by atoms with E-state index in [1.54, 1.807) is 23.0 Å². The lowest BCUT2D eigenvalue weighted by molar-refractivity contribution is -0.141. The highest BCUT2D eigenvalue weighted by atomic mass is 32.1. The zero-order valence-corrected chi connectivity index (χ0v) is 10.4. The Morgan fingerprint density at radius 1 is 1.56 bits per heavy atom. The average Bonchev–Trinajstić information content (AvgIpc) is 2.89. The van der Waals surface area contributed by atoms with Gasteiger partial charge in [-0.25, -0.2) is 14.2 Å². The van der Waals surface area contributed by atoms with Crippen molar-refractivity contribution in [3.8, 4) is 0 Å². The molecule has 1 atom stereocenters. The fraction of sp³-hybridized carbons (Fsp3) is 0.167. The summed E-state index contributed by atoms with van der Waals surface area (Å²) < 4.78 is 17.8. The number of hydrogen-bond acceptors (Lipinski definition) is 5. The molecule has 0 aliphatic heterocycles. The molecule has 94 valence electrons. The van der Waals surface area contributed by atoms with Gasteiger partial charge in [-0.1, -0.05) is 6.07 Å². The van der Waals surface area contributed by atoms with Gasteiger partial charge in [0.05, 0.1) is 18.3 Å². The zero-order valence-electron chi connectivity index (χ0n) is 9.59. The quantitative estimate of drug-likeness (QED) is 0.864. The molecule has 4 nitrogen and oxygen atoms in total. The number of esters is 1. The number of nitrogens with zero attached hydrogens (tertiary/aromatic N) is 1. The lowest BCUT2D eigenvalue weighted by Gasteiger charge is -2.15. The Balaban J connectivity index is 2.23. The normalized spacial score (nSPS) is 11.9. The summed E-state index contributed by atoms with van der Waals surface area (Å²) in [7, 11) is 1.30. The molecule has 1 N–H and O–H groups in total. The van der Waals surface area contributed by atoms with Gasteiger partial charge in [0, 0.05) is 11.1 Å². The Kier molecular flexibility index (Phi) is 3.88. The van der Waals surface area contributed by atoms with Crippen molar-refractivity contribution in [2.24, 2.45) is 0 Å². The maximum Gasteiger partial charge on any atom is 0.334 e. The summed E-state index contributed by atoms with van der Waals surface area (Å²) in [6, 6.07) is 5.14. The predicted molar refractivity (Wildman–Crippen MR) is 66.9 cm³/mol. The van der Waals surface area contributed by atoms with E-state index in [4.69, 9.17) is 4.74 Å². The Hall–Kier alpha value is -1.95. The van der Waals surface area contributed by atoms with E-state index >= 15 is 0 Å². The van der Waals surface area contributed by atoms with Crippen LogP contribution in [0, 0.1) is 5.82 Å². The van der Waals surface area contributed by atoms with Crippen LogP contribution in [0.1, 0.15) is 11.7 Å². The Bertz CT molecular complexity index is 531. The van der Waals surface area contributed by atoms with Crippen LogP contribution in [0.5, 0.6) is 0 Å². The number of halogens is 1. The minimum Gasteiger partial charge on any atom is -0.467 e. The number of carbonyl (C=O) groups is 1. The largest absolute Gasteiger partial charge is 0.467 e. The molecule has 0 fully saturated rings. The molecule has 0 amide bonds. The molecule has 0 spiro atoms. The standard InChI is InChI=1S/C12H11FN2O2S/c1-17-12(16)11(10-6-18-7-14-10)15-9-4-2-3-8(13)5-9/h2-7,11,15H,1H3. The van der Waals surface area contributed by atoms with Crippen LogP contribution in [0.15, 0.2) is 35.2 Å². The first-order valence-electron chi connectivity index (χ1n) is 5.18. The fourth-order valence-corrected chi connectivity index (χ4v) is 2.06. The first-order valence-corrected chi connectivity index (χ1v) is 6.13. The number of thiazole rings is 1. The minimum absolute atomic E-state index is 0.373. The second-order valence-electron chi connectivity index (χ2n) is 3.52. The van der Waals surface area contributed by atoms with Gasteiger partial charge in [-0.05, 0) is 18.2 Å². The first-order chi connectivity index (χ1) is 8.70. The minimum atomic E-state index is -0.733. The molecule has 0 saturated carbocycles. The molecule has 0 saturated heterocycles. The number of methoxy groups -OCH3 is 1. The first kappa shape index (κ1) is 12.5. The van der Waals surface area contributed by atoms with Crippen LogP contribution in [-0.4, -0.2) is 18.1 Å². The molecule has 1 aromatic carbocycles. The summed E-state index contributed by atoms with van der Waals surface area (Å²) in [5, 5.41) is 4.65. The van der Waals surface area contributed by atoms with Crippen LogP contribution in [0.4, 0.5) is 10.1 Å². The predicted octanol–water partition coefficient (Wildman–Crippen LogP) is 2.61. The van der Waals surface area contributed by atoms with Gasteiger partial charge in [-0.15, -0.1) is 11.3 Å². The van der Waals surface area contributed by atoms with E-state index in [-0.39, 0.29) is 5.82 Å². The second-order valence-corrected chi connectivity index (χ2v) is 4.24. The summed E-state index contributed by atoms with van der Waals surface area (Å²) in [4.78, 5) is 15.8. The number of aromatic nitrogens is 1. The molecular formula is C12H11FN2O2S. The van der Waals surface area contributed by atoms with Gasteiger partial charge in [0.2, 0.25) is 0 Å². The second kappa shape index (κ2) is 5.59. The number of anilines is 1. The maximum atomic E-state index is 13.1. The average molecular weight is 266 g/mol. The molecule has 1 heterocycles. The molecule has 2 rings (SSSR count). The number of carbonyl (C=O) groups excluding carboxylic acids is 1. The van der Waals surface area contributed by atoms with Crippen molar-refractivity contribution >= 4 is 23.0 Å². The van der Waals surface area contributed by atoms with Gasteiger partial charge in [0.25, 0.3) is 0 Å². The lowest BCUT2D eigenvalue weighted by Crippen LogP contribution is -2.22. The third kappa shape index (κ3) is 2.84. The van der Waals surface area contributed by atoms with Crippen LogP contribution in [-0.2, 0) is 9.53 Å². The number of ether oxygens (including phenoxy) is 1. The summed E-state index contributed by atoms with van der Waals surface area (Å²) >= 11 is 1.38. The summed E-state index contributed by atoms with van der Waals surface area (Å²) in [5.74, 6) is -0.841. The fourth-order valence-electron chi connectivity index (χ4n) is 1.48. The van der Waals surface area contributed by atoms with Crippen LogP contribution in [0.2, 0.25) is 0 Å². The molecule has 18 heavy (non-hydrogen) atoms. The molecule has 1 aromatic heterocycles. The van der Waals surface area contributed by atoms with Crippen molar-refractivity contribution in [2.45, 2.75) is 6.04 Å². The van der Waals surface area contributed by atoms with Gasteiger partial charge in [0.1, 0.15) is 5.82 Å². The summed E-state index contributed by atoms with van der Waals surface area (Å²) in [5.41, 5.74) is 2.67. The third-order valence-corrected chi connectivity index (χ3v) is 2.92. The van der Waals surface area contributed by atoms with Crippen molar-refractivity contribution in [3.05, 3.63) is 46.7 Å². The monoisotopic (exact) mass is 266 g/mol.